The van der Waals surface area contributed by atoms with Crippen LogP contribution in [0.5, 0.6) is 0 Å². The van der Waals surface area contributed by atoms with Gasteiger partial charge < -0.3 is 5.73 Å². The molecule has 0 spiro atoms. The Hall–Kier alpha value is -1.46. The molecule has 1 heterocycles. The Balaban J connectivity index is 2.00. The van der Waals surface area contributed by atoms with Crippen LogP contribution in [-0.4, -0.2) is 14.2 Å². The van der Waals surface area contributed by atoms with Gasteiger partial charge in [-0.1, -0.05) is 24.3 Å². The van der Waals surface area contributed by atoms with E-state index in [-0.39, 0.29) is 11.0 Å². The van der Waals surface area contributed by atoms with Crippen molar-refractivity contribution in [3.63, 3.8) is 0 Å². The minimum absolute atomic E-state index is 0.0831. The van der Waals surface area contributed by atoms with Crippen molar-refractivity contribution < 1.29 is 8.42 Å². The number of benzene rings is 2. The molecule has 20 heavy (non-hydrogen) atoms. The number of hydrogen-bond donors (Lipinski definition) is 1. The molecule has 3 rings (SSSR count). The lowest BCUT2D eigenvalue weighted by Crippen LogP contribution is -2.01. The first-order valence-corrected chi connectivity index (χ1v) is 8.85. The second kappa shape index (κ2) is 4.82. The quantitative estimate of drug-likeness (QED) is 0.866. The molecule has 0 fully saturated rings. The zero-order valence-corrected chi connectivity index (χ0v) is 12.7. The normalized spacial score (nSPS) is 19.8. The average Bonchev–Trinajstić information content (AvgIpc) is 2.66. The summed E-state index contributed by atoms with van der Waals surface area (Å²) in [7, 11) is -3.16. The van der Waals surface area contributed by atoms with Crippen LogP contribution >= 0.6 is 11.8 Å². The predicted molar refractivity (Wildman–Crippen MR) is 82.7 cm³/mol. The molecule has 1 aliphatic heterocycles. The summed E-state index contributed by atoms with van der Waals surface area (Å²) in [5.74, 6) is 0.143. The summed E-state index contributed by atoms with van der Waals surface area (Å²) in [5.41, 5.74) is 8.69. The number of sulfone groups is 1. The smallest absolute Gasteiger partial charge is 0.180 e. The number of hydrogen-bond acceptors (Lipinski definition) is 4. The van der Waals surface area contributed by atoms with Crippen LogP contribution in [0.2, 0.25) is 0 Å². The van der Waals surface area contributed by atoms with Gasteiger partial charge in [-0.2, -0.15) is 0 Å². The van der Waals surface area contributed by atoms with E-state index in [2.05, 4.69) is 0 Å². The van der Waals surface area contributed by atoms with Crippen molar-refractivity contribution in [2.75, 3.05) is 11.5 Å². The molecule has 0 radical (unpaired) electrons. The van der Waals surface area contributed by atoms with Gasteiger partial charge in [0.2, 0.25) is 0 Å². The Kier molecular flexibility index (Phi) is 3.26. The van der Waals surface area contributed by atoms with Crippen molar-refractivity contribution in [1.82, 2.24) is 0 Å². The Morgan fingerprint density at radius 3 is 2.75 bits per heavy atom. The van der Waals surface area contributed by atoms with Gasteiger partial charge in [0, 0.05) is 10.6 Å². The summed E-state index contributed by atoms with van der Waals surface area (Å²) in [6.45, 7) is 2.00. The van der Waals surface area contributed by atoms with Gasteiger partial charge in [-0.05, 0) is 36.2 Å². The lowest BCUT2D eigenvalue weighted by atomic mass is 10.2. The van der Waals surface area contributed by atoms with Crippen LogP contribution in [0.3, 0.4) is 0 Å². The highest BCUT2D eigenvalue weighted by Crippen LogP contribution is 2.46. The largest absolute Gasteiger partial charge is 0.398 e. The van der Waals surface area contributed by atoms with E-state index in [1.54, 1.807) is 12.1 Å². The van der Waals surface area contributed by atoms with Crippen molar-refractivity contribution in [3.05, 3.63) is 53.6 Å². The van der Waals surface area contributed by atoms with Crippen molar-refractivity contribution in [2.45, 2.75) is 22.0 Å². The monoisotopic (exact) mass is 305 g/mol. The van der Waals surface area contributed by atoms with Crippen molar-refractivity contribution in [2.24, 2.45) is 0 Å². The van der Waals surface area contributed by atoms with E-state index < -0.39 is 9.84 Å². The maximum Gasteiger partial charge on any atom is 0.180 e. The first-order valence-electron chi connectivity index (χ1n) is 6.32. The second-order valence-electron chi connectivity index (χ2n) is 4.97. The van der Waals surface area contributed by atoms with Gasteiger partial charge in [0.1, 0.15) is 0 Å². The Bertz CT molecular complexity index is 769. The van der Waals surface area contributed by atoms with Crippen LogP contribution < -0.4 is 5.73 Å². The molecule has 2 aromatic rings. The standard InChI is InChI=1S/C15H15NO2S2/c1-10-6-7-12(16)13(8-10)19-14-9-20(17,18)15-5-3-2-4-11(14)15/h2-8,14H,9,16H2,1H3. The molecule has 1 unspecified atom stereocenters. The van der Waals surface area contributed by atoms with Crippen molar-refractivity contribution in [1.29, 1.82) is 0 Å². The van der Waals surface area contributed by atoms with Crippen LogP contribution in [0.25, 0.3) is 0 Å². The van der Waals surface area contributed by atoms with Crippen LogP contribution in [0.4, 0.5) is 5.69 Å². The lowest BCUT2D eigenvalue weighted by molar-refractivity contribution is 0.600. The van der Waals surface area contributed by atoms with Gasteiger partial charge in [0.25, 0.3) is 0 Å². The van der Waals surface area contributed by atoms with Gasteiger partial charge in [-0.3, -0.25) is 0 Å². The third-order valence-electron chi connectivity index (χ3n) is 3.41. The molecule has 0 aliphatic carbocycles. The second-order valence-corrected chi connectivity index (χ2v) is 8.21. The van der Waals surface area contributed by atoms with Gasteiger partial charge >= 0.3 is 0 Å². The molecule has 0 bridgehead atoms. The zero-order chi connectivity index (χ0) is 14.3. The minimum Gasteiger partial charge on any atom is -0.398 e. The fourth-order valence-corrected chi connectivity index (χ4v) is 6.00. The Labute approximate surface area is 123 Å². The van der Waals surface area contributed by atoms with E-state index in [0.717, 1.165) is 16.0 Å². The Morgan fingerprint density at radius 2 is 1.95 bits per heavy atom. The van der Waals surface area contributed by atoms with Gasteiger partial charge in [-0.15, -0.1) is 11.8 Å². The summed E-state index contributed by atoms with van der Waals surface area (Å²) >= 11 is 1.53. The summed E-state index contributed by atoms with van der Waals surface area (Å²) in [6, 6.07) is 13.1. The molecular weight excluding hydrogens is 290 g/mol. The highest BCUT2D eigenvalue weighted by molar-refractivity contribution is 8.01. The SMILES string of the molecule is Cc1ccc(N)c(SC2CS(=O)(=O)c3ccccc32)c1. The number of nitrogen functional groups attached to an aromatic ring is 1. The average molecular weight is 305 g/mol. The molecule has 0 amide bonds. The molecule has 2 aromatic carbocycles. The summed E-state index contributed by atoms with van der Waals surface area (Å²) < 4.78 is 24.3. The number of thioether (sulfide) groups is 1. The third kappa shape index (κ3) is 2.31. The molecule has 0 saturated heterocycles. The van der Waals surface area contributed by atoms with E-state index in [4.69, 9.17) is 5.73 Å². The van der Waals surface area contributed by atoms with Crippen LogP contribution in [0, 0.1) is 6.92 Å². The molecule has 0 aromatic heterocycles. The van der Waals surface area contributed by atoms with Gasteiger partial charge in [0.15, 0.2) is 9.84 Å². The summed E-state index contributed by atoms with van der Waals surface area (Å²) in [4.78, 5) is 1.41. The maximum atomic E-state index is 12.2. The van der Waals surface area contributed by atoms with Crippen LogP contribution in [-0.2, 0) is 9.84 Å². The summed E-state index contributed by atoms with van der Waals surface area (Å²) in [5, 5.41) is -0.0831. The molecule has 3 nitrogen and oxygen atoms in total. The van der Waals surface area contributed by atoms with Crippen molar-refractivity contribution >= 4 is 27.3 Å². The first kappa shape index (κ1) is 13.5. The van der Waals surface area contributed by atoms with E-state index in [0.29, 0.717) is 10.6 Å². The van der Waals surface area contributed by atoms with Crippen LogP contribution in [0.1, 0.15) is 16.4 Å². The van der Waals surface area contributed by atoms with E-state index >= 15 is 0 Å². The molecular formula is C15H15NO2S2. The van der Waals surface area contributed by atoms with Gasteiger partial charge in [-0.25, -0.2) is 8.42 Å². The topological polar surface area (TPSA) is 60.2 Å². The van der Waals surface area contributed by atoms with Crippen molar-refractivity contribution in [3.8, 4) is 0 Å². The highest BCUT2D eigenvalue weighted by Gasteiger charge is 2.35. The van der Waals surface area contributed by atoms with E-state index in [1.165, 1.54) is 11.8 Å². The van der Waals surface area contributed by atoms with E-state index in [1.807, 2.05) is 37.3 Å². The molecule has 1 aliphatic rings. The zero-order valence-electron chi connectivity index (χ0n) is 11.0. The number of rotatable bonds is 2. The Morgan fingerprint density at radius 1 is 1.20 bits per heavy atom. The number of fused-ring (bicyclic) bond motifs is 1. The number of anilines is 1. The maximum absolute atomic E-state index is 12.2. The first-order chi connectivity index (χ1) is 9.47. The third-order valence-corrected chi connectivity index (χ3v) is 6.75. The lowest BCUT2D eigenvalue weighted by Gasteiger charge is -2.12. The predicted octanol–water partition coefficient (Wildman–Crippen LogP) is 3.20. The fourth-order valence-electron chi connectivity index (χ4n) is 2.40. The molecule has 2 N–H and O–H groups in total. The van der Waals surface area contributed by atoms with Gasteiger partial charge in [0.05, 0.1) is 15.9 Å². The van der Waals surface area contributed by atoms with E-state index in [9.17, 15) is 8.42 Å². The molecule has 5 heteroatoms. The molecule has 0 saturated carbocycles. The fraction of sp³-hybridized carbons (Fsp3) is 0.200. The highest BCUT2D eigenvalue weighted by atomic mass is 32.2. The van der Waals surface area contributed by atoms with Crippen LogP contribution in [0.15, 0.2) is 52.3 Å². The minimum atomic E-state index is -3.16. The number of nitrogens with two attached hydrogens (primary N) is 1. The molecule has 1 atom stereocenters. The molecule has 104 valence electrons. The summed E-state index contributed by atoms with van der Waals surface area (Å²) in [6.07, 6.45) is 0. The number of aryl methyl sites for hydroxylation is 1.